The van der Waals surface area contributed by atoms with Crippen LogP contribution in [0.3, 0.4) is 0 Å². The van der Waals surface area contributed by atoms with Gasteiger partial charge in [-0.25, -0.2) is 0 Å². The van der Waals surface area contributed by atoms with Gasteiger partial charge in [0.2, 0.25) is 0 Å². The third-order valence-corrected chi connectivity index (χ3v) is 2.27. The lowest BCUT2D eigenvalue weighted by atomic mass is 9.85. The van der Waals surface area contributed by atoms with Crippen molar-refractivity contribution in [2.75, 3.05) is 7.11 Å². The third-order valence-electron chi connectivity index (χ3n) is 2.27. The van der Waals surface area contributed by atoms with E-state index in [0.29, 0.717) is 0 Å². The Balaban J connectivity index is 2.47. The van der Waals surface area contributed by atoms with Crippen molar-refractivity contribution in [2.45, 2.75) is 37.7 Å². The lowest BCUT2D eigenvalue weighted by Gasteiger charge is -2.26. The second kappa shape index (κ2) is 4.94. The Hall–Kier alpha value is -0.940. The number of hydrogen-bond donors (Lipinski definition) is 1. The first kappa shape index (κ1) is 10.1. The molecule has 2 nitrogen and oxygen atoms in total. The highest BCUT2D eigenvalue weighted by atomic mass is 16.5. The number of aliphatic hydroxyl groups is 1. The molecule has 1 aliphatic rings. The molecule has 1 N–H and O–H groups in total. The molecule has 0 aromatic carbocycles. The Labute approximate surface area is 79.6 Å². The molecule has 0 heterocycles. The molecule has 2 heteroatoms. The molecular formula is C11H16O2. The maximum absolute atomic E-state index is 9.92. The van der Waals surface area contributed by atoms with Crippen molar-refractivity contribution in [3.05, 3.63) is 12.3 Å². The lowest BCUT2D eigenvalue weighted by molar-refractivity contribution is 0.0610. The van der Waals surface area contributed by atoms with Crippen molar-refractivity contribution in [1.29, 1.82) is 0 Å². The predicted octanol–water partition coefficient (Wildman–Crippen LogP) is 1.85. The molecule has 0 aromatic heterocycles. The van der Waals surface area contributed by atoms with Gasteiger partial charge in [-0.1, -0.05) is 18.3 Å². The Morgan fingerprint density at radius 1 is 1.31 bits per heavy atom. The van der Waals surface area contributed by atoms with Gasteiger partial charge in [0.15, 0.2) is 0 Å². The standard InChI is InChI=1S/C11H16O2/c1-13-10-6-5-9-11(12)7-3-2-4-8-11/h6,10,12H,2-4,7-8H2,1H3/b10-6+. The smallest absolute Gasteiger partial charge is 0.125 e. The third kappa shape index (κ3) is 3.52. The zero-order valence-corrected chi connectivity index (χ0v) is 8.05. The van der Waals surface area contributed by atoms with Gasteiger partial charge in [-0.3, -0.25) is 0 Å². The molecule has 0 amide bonds. The first-order chi connectivity index (χ1) is 6.27. The van der Waals surface area contributed by atoms with Crippen LogP contribution < -0.4 is 0 Å². The number of rotatable bonds is 1. The molecule has 0 spiro atoms. The number of methoxy groups -OCH3 is 1. The molecule has 0 radical (unpaired) electrons. The number of hydrogen-bond acceptors (Lipinski definition) is 2. The minimum absolute atomic E-state index is 0.740. The Kier molecular flexibility index (Phi) is 3.85. The van der Waals surface area contributed by atoms with E-state index in [1.165, 1.54) is 12.7 Å². The Bertz CT molecular complexity index is 226. The van der Waals surface area contributed by atoms with Crippen LogP contribution in [0.2, 0.25) is 0 Å². The van der Waals surface area contributed by atoms with Crippen LogP contribution in [0.15, 0.2) is 12.3 Å². The quantitative estimate of drug-likeness (QED) is 0.493. The molecule has 0 atom stereocenters. The maximum Gasteiger partial charge on any atom is 0.125 e. The predicted molar refractivity (Wildman–Crippen MR) is 52.0 cm³/mol. The number of allylic oxidation sites excluding steroid dienone is 1. The highest BCUT2D eigenvalue weighted by Gasteiger charge is 2.26. The SMILES string of the molecule is CO/C=C/C#CC1(O)CCCCC1. The van der Waals surface area contributed by atoms with Crippen LogP contribution in [0.5, 0.6) is 0 Å². The zero-order valence-electron chi connectivity index (χ0n) is 8.05. The monoisotopic (exact) mass is 180 g/mol. The molecule has 72 valence electrons. The molecule has 1 aliphatic carbocycles. The Morgan fingerprint density at radius 3 is 2.62 bits per heavy atom. The van der Waals surface area contributed by atoms with Crippen molar-refractivity contribution in [1.82, 2.24) is 0 Å². The molecule has 1 saturated carbocycles. The first-order valence-corrected chi connectivity index (χ1v) is 4.70. The summed E-state index contributed by atoms with van der Waals surface area (Å²) in [4.78, 5) is 0. The van der Waals surface area contributed by atoms with Crippen molar-refractivity contribution in [3.8, 4) is 11.8 Å². The van der Waals surface area contributed by atoms with Gasteiger partial charge in [0.05, 0.1) is 13.4 Å². The minimum Gasteiger partial charge on any atom is -0.504 e. The fourth-order valence-corrected chi connectivity index (χ4v) is 1.54. The van der Waals surface area contributed by atoms with Crippen molar-refractivity contribution < 1.29 is 9.84 Å². The molecule has 1 fully saturated rings. The Morgan fingerprint density at radius 2 is 2.00 bits per heavy atom. The summed E-state index contributed by atoms with van der Waals surface area (Å²) in [6.45, 7) is 0. The summed E-state index contributed by atoms with van der Waals surface area (Å²) in [5.41, 5.74) is -0.740. The summed E-state index contributed by atoms with van der Waals surface area (Å²) in [5, 5.41) is 9.92. The van der Waals surface area contributed by atoms with Gasteiger partial charge in [0, 0.05) is 6.08 Å². The van der Waals surface area contributed by atoms with E-state index in [0.717, 1.165) is 25.7 Å². The van der Waals surface area contributed by atoms with E-state index in [1.807, 2.05) is 0 Å². The van der Waals surface area contributed by atoms with Crippen LogP contribution in [-0.4, -0.2) is 17.8 Å². The van der Waals surface area contributed by atoms with Crippen LogP contribution in [-0.2, 0) is 4.74 Å². The first-order valence-electron chi connectivity index (χ1n) is 4.70. The van der Waals surface area contributed by atoms with E-state index < -0.39 is 5.60 Å². The molecule has 0 unspecified atom stereocenters. The molecule has 1 rings (SSSR count). The lowest BCUT2D eigenvalue weighted by Crippen LogP contribution is -2.29. The normalized spacial score (nSPS) is 20.8. The maximum atomic E-state index is 9.92. The van der Waals surface area contributed by atoms with Gasteiger partial charge < -0.3 is 9.84 Å². The van der Waals surface area contributed by atoms with Crippen molar-refractivity contribution in [2.24, 2.45) is 0 Å². The van der Waals surface area contributed by atoms with Gasteiger partial charge in [-0.2, -0.15) is 0 Å². The van der Waals surface area contributed by atoms with E-state index in [-0.39, 0.29) is 0 Å². The largest absolute Gasteiger partial charge is 0.504 e. The summed E-state index contributed by atoms with van der Waals surface area (Å²) < 4.78 is 4.70. The van der Waals surface area contributed by atoms with Gasteiger partial charge in [0.25, 0.3) is 0 Å². The van der Waals surface area contributed by atoms with E-state index in [4.69, 9.17) is 4.74 Å². The minimum atomic E-state index is -0.740. The van der Waals surface area contributed by atoms with Crippen LogP contribution in [0, 0.1) is 11.8 Å². The van der Waals surface area contributed by atoms with E-state index >= 15 is 0 Å². The van der Waals surface area contributed by atoms with Crippen molar-refractivity contribution >= 4 is 0 Å². The van der Waals surface area contributed by atoms with E-state index in [9.17, 15) is 5.11 Å². The summed E-state index contributed by atoms with van der Waals surface area (Å²) in [6.07, 6.45) is 8.13. The van der Waals surface area contributed by atoms with E-state index in [2.05, 4.69) is 11.8 Å². The highest BCUT2D eigenvalue weighted by Crippen LogP contribution is 2.26. The topological polar surface area (TPSA) is 29.5 Å². The van der Waals surface area contributed by atoms with Crippen LogP contribution in [0.25, 0.3) is 0 Å². The molecule has 0 bridgehead atoms. The van der Waals surface area contributed by atoms with Crippen molar-refractivity contribution in [3.63, 3.8) is 0 Å². The van der Waals surface area contributed by atoms with Gasteiger partial charge in [-0.15, -0.1) is 0 Å². The fourth-order valence-electron chi connectivity index (χ4n) is 1.54. The average Bonchev–Trinajstić information content (AvgIpc) is 2.14. The molecule has 0 aliphatic heterocycles. The van der Waals surface area contributed by atoms with Crippen LogP contribution >= 0.6 is 0 Å². The van der Waals surface area contributed by atoms with Crippen LogP contribution in [0.1, 0.15) is 32.1 Å². The van der Waals surface area contributed by atoms with Crippen LogP contribution in [0.4, 0.5) is 0 Å². The summed E-state index contributed by atoms with van der Waals surface area (Å²) in [6, 6.07) is 0. The second-order valence-corrected chi connectivity index (χ2v) is 3.40. The fraction of sp³-hybridized carbons (Fsp3) is 0.636. The highest BCUT2D eigenvalue weighted by molar-refractivity contribution is 5.21. The van der Waals surface area contributed by atoms with E-state index in [1.54, 1.807) is 13.2 Å². The molecule has 0 saturated heterocycles. The van der Waals surface area contributed by atoms with Gasteiger partial charge >= 0.3 is 0 Å². The molecular weight excluding hydrogens is 164 g/mol. The second-order valence-electron chi connectivity index (χ2n) is 3.40. The average molecular weight is 180 g/mol. The number of ether oxygens (including phenoxy) is 1. The van der Waals surface area contributed by atoms with Gasteiger partial charge in [-0.05, 0) is 25.7 Å². The van der Waals surface area contributed by atoms with Gasteiger partial charge in [0.1, 0.15) is 5.60 Å². The summed E-state index contributed by atoms with van der Waals surface area (Å²) in [7, 11) is 1.58. The zero-order chi connectivity index (χ0) is 9.57. The summed E-state index contributed by atoms with van der Waals surface area (Å²) >= 11 is 0. The summed E-state index contributed by atoms with van der Waals surface area (Å²) in [5.74, 6) is 5.66. The molecule has 0 aromatic rings. The molecule has 13 heavy (non-hydrogen) atoms.